The molecule has 0 aliphatic rings. The molecule has 0 aromatic heterocycles. The molecule has 62 valence electrons. The molecule has 0 spiro atoms. The second-order valence-corrected chi connectivity index (χ2v) is 1.90. The van der Waals surface area contributed by atoms with E-state index >= 15 is 0 Å². The first-order chi connectivity index (χ1) is 5.07. The minimum absolute atomic E-state index is 0.0487. The zero-order chi connectivity index (χ0) is 8.85. The van der Waals surface area contributed by atoms with Crippen LogP contribution in [0, 0.1) is 10.1 Å². The van der Waals surface area contributed by atoms with Gasteiger partial charge in [0.15, 0.2) is 0 Å². The average Bonchev–Trinajstić information content (AvgIpc) is 1.87. The van der Waals surface area contributed by atoms with Gasteiger partial charge in [-0.3, -0.25) is 14.9 Å². The van der Waals surface area contributed by atoms with Gasteiger partial charge in [0.1, 0.15) is 0 Å². The summed E-state index contributed by atoms with van der Waals surface area (Å²) in [6.07, 6.45) is 1.08. The monoisotopic (exact) mass is 159 g/mol. The quantitative estimate of drug-likeness (QED) is 0.490. The zero-order valence-corrected chi connectivity index (χ0v) is 6.11. The van der Waals surface area contributed by atoms with Gasteiger partial charge in [0.05, 0.1) is 11.3 Å². The van der Waals surface area contributed by atoms with E-state index in [0.717, 1.165) is 6.08 Å². The first-order valence-corrected chi connectivity index (χ1v) is 3.13. The van der Waals surface area contributed by atoms with Crippen molar-refractivity contribution in [3.05, 3.63) is 21.9 Å². The lowest BCUT2D eigenvalue weighted by molar-refractivity contribution is -0.427. The maximum absolute atomic E-state index is 10.1. The van der Waals surface area contributed by atoms with Crippen LogP contribution in [-0.2, 0) is 4.79 Å². The van der Waals surface area contributed by atoms with Crippen LogP contribution in [0.5, 0.6) is 0 Å². The van der Waals surface area contributed by atoms with E-state index in [4.69, 9.17) is 5.11 Å². The molecule has 0 heterocycles. The van der Waals surface area contributed by atoms with Crippen LogP contribution in [0.4, 0.5) is 0 Å². The van der Waals surface area contributed by atoms with E-state index in [1.54, 1.807) is 6.92 Å². The van der Waals surface area contributed by atoms with Crippen LogP contribution in [-0.4, -0.2) is 16.0 Å². The van der Waals surface area contributed by atoms with Gasteiger partial charge in [0.2, 0.25) is 5.70 Å². The van der Waals surface area contributed by atoms with Crippen molar-refractivity contribution in [1.82, 2.24) is 0 Å². The molecule has 0 aromatic rings. The molecule has 0 aliphatic heterocycles. The molecule has 0 saturated heterocycles. The summed E-state index contributed by atoms with van der Waals surface area (Å²) in [7, 11) is 0. The summed E-state index contributed by atoms with van der Waals surface area (Å²) in [4.78, 5) is 19.5. The van der Waals surface area contributed by atoms with E-state index in [2.05, 4.69) is 0 Å². The molecule has 0 saturated carbocycles. The minimum atomic E-state index is -1.06. The van der Waals surface area contributed by atoms with Crippen molar-refractivity contribution in [3.8, 4) is 0 Å². The summed E-state index contributed by atoms with van der Waals surface area (Å²) in [5, 5.41) is 18.3. The highest BCUT2D eigenvalue weighted by Gasteiger charge is 2.06. The predicted molar refractivity (Wildman–Crippen MR) is 37.6 cm³/mol. The molecule has 0 fully saturated rings. The molecule has 5 nitrogen and oxygen atoms in total. The van der Waals surface area contributed by atoms with E-state index in [1.165, 1.54) is 0 Å². The number of carboxylic acid groups (broad SMARTS) is 1. The average molecular weight is 159 g/mol. The van der Waals surface area contributed by atoms with Gasteiger partial charge in [-0.05, 0) is 0 Å². The van der Waals surface area contributed by atoms with Gasteiger partial charge < -0.3 is 5.11 Å². The van der Waals surface area contributed by atoms with Crippen LogP contribution in [0.25, 0.3) is 0 Å². The Labute approximate surface area is 63.5 Å². The number of carbonyl (C=O) groups is 1. The Kier molecular flexibility index (Phi) is 3.87. The SMILES string of the molecule is CC/C(=C\CC(=O)O)[N+](=O)[O-]. The molecule has 0 atom stereocenters. The fourth-order valence-corrected chi connectivity index (χ4v) is 0.553. The summed E-state index contributed by atoms with van der Waals surface area (Å²) in [5.74, 6) is -1.06. The number of nitro groups is 1. The summed E-state index contributed by atoms with van der Waals surface area (Å²) in [5.41, 5.74) is -0.0487. The van der Waals surface area contributed by atoms with Crippen LogP contribution in [0.2, 0.25) is 0 Å². The molecule has 0 unspecified atom stereocenters. The smallest absolute Gasteiger partial charge is 0.307 e. The highest BCUT2D eigenvalue weighted by atomic mass is 16.6. The van der Waals surface area contributed by atoms with Gasteiger partial charge in [-0.25, -0.2) is 0 Å². The van der Waals surface area contributed by atoms with Crippen molar-refractivity contribution in [2.45, 2.75) is 19.8 Å². The molecule has 1 N–H and O–H groups in total. The summed E-state index contributed by atoms with van der Waals surface area (Å²) in [6.45, 7) is 1.61. The molecule has 11 heavy (non-hydrogen) atoms. The van der Waals surface area contributed by atoms with E-state index in [9.17, 15) is 14.9 Å². The molecule has 0 radical (unpaired) electrons. The second kappa shape index (κ2) is 4.43. The maximum atomic E-state index is 10.1. The van der Waals surface area contributed by atoms with E-state index in [1.807, 2.05) is 0 Å². The molecule has 0 rings (SSSR count). The first kappa shape index (κ1) is 9.61. The Bertz CT molecular complexity index is 197. The van der Waals surface area contributed by atoms with Crippen molar-refractivity contribution in [3.63, 3.8) is 0 Å². The van der Waals surface area contributed by atoms with Crippen LogP contribution in [0.1, 0.15) is 19.8 Å². The maximum Gasteiger partial charge on any atom is 0.307 e. The highest BCUT2D eigenvalue weighted by molar-refractivity contribution is 5.68. The molecule has 0 aromatic carbocycles. The van der Waals surface area contributed by atoms with Gasteiger partial charge >= 0.3 is 5.97 Å². The van der Waals surface area contributed by atoms with E-state index < -0.39 is 10.9 Å². The fourth-order valence-electron chi connectivity index (χ4n) is 0.553. The van der Waals surface area contributed by atoms with Crippen molar-refractivity contribution >= 4 is 5.97 Å². The van der Waals surface area contributed by atoms with Gasteiger partial charge in [0.25, 0.3) is 0 Å². The van der Waals surface area contributed by atoms with Gasteiger partial charge in [-0.2, -0.15) is 0 Å². The third kappa shape index (κ3) is 4.07. The second-order valence-electron chi connectivity index (χ2n) is 1.90. The number of allylic oxidation sites excluding steroid dienone is 1. The van der Waals surface area contributed by atoms with E-state index in [0.29, 0.717) is 0 Å². The fraction of sp³-hybridized carbons (Fsp3) is 0.500. The van der Waals surface area contributed by atoms with Crippen molar-refractivity contribution < 1.29 is 14.8 Å². The van der Waals surface area contributed by atoms with Crippen LogP contribution < -0.4 is 0 Å². The Morgan fingerprint density at radius 3 is 2.55 bits per heavy atom. The highest BCUT2D eigenvalue weighted by Crippen LogP contribution is 2.02. The number of hydrogen-bond donors (Lipinski definition) is 1. The van der Waals surface area contributed by atoms with Crippen LogP contribution >= 0.6 is 0 Å². The number of nitrogens with zero attached hydrogens (tertiary/aromatic N) is 1. The zero-order valence-electron chi connectivity index (χ0n) is 6.11. The van der Waals surface area contributed by atoms with Gasteiger partial charge in [-0.1, -0.05) is 6.92 Å². The number of carboxylic acids is 1. The van der Waals surface area contributed by atoms with Crippen molar-refractivity contribution in [2.24, 2.45) is 0 Å². The third-order valence-corrected chi connectivity index (χ3v) is 1.11. The molecular weight excluding hydrogens is 150 g/mol. The van der Waals surface area contributed by atoms with Crippen molar-refractivity contribution in [2.75, 3.05) is 0 Å². The van der Waals surface area contributed by atoms with Gasteiger partial charge in [0, 0.05) is 12.5 Å². The minimum Gasteiger partial charge on any atom is -0.481 e. The summed E-state index contributed by atoms with van der Waals surface area (Å²) in [6, 6.07) is 0. The van der Waals surface area contributed by atoms with Gasteiger partial charge in [-0.15, -0.1) is 0 Å². The predicted octanol–water partition coefficient (Wildman–Crippen LogP) is 1.03. The first-order valence-electron chi connectivity index (χ1n) is 3.13. The molecule has 0 amide bonds. The number of rotatable bonds is 4. The molecular formula is C6H9NO4. The summed E-state index contributed by atoms with van der Waals surface area (Å²) >= 11 is 0. The lowest BCUT2D eigenvalue weighted by atomic mass is 10.3. The Balaban J connectivity index is 4.13. The van der Waals surface area contributed by atoms with Crippen LogP contribution in [0.3, 0.4) is 0 Å². The topological polar surface area (TPSA) is 80.4 Å². The third-order valence-electron chi connectivity index (χ3n) is 1.11. The summed E-state index contributed by atoms with van der Waals surface area (Å²) < 4.78 is 0. The Morgan fingerprint density at radius 1 is 1.73 bits per heavy atom. The molecule has 5 heteroatoms. The van der Waals surface area contributed by atoms with E-state index in [-0.39, 0.29) is 18.5 Å². The molecule has 0 aliphatic carbocycles. The van der Waals surface area contributed by atoms with Crippen molar-refractivity contribution in [1.29, 1.82) is 0 Å². The molecule has 0 bridgehead atoms. The Morgan fingerprint density at radius 2 is 2.27 bits per heavy atom. The Hall–Kier alpha value is -1.39. The lowest BCUT2D eigenvalue weighted by Crippen LogP contribution is -1.99. The number of aliphatic carboxylic acids is 1. The van der Waals surface area contributed by atoms with Crippen LogP contribution in [0.15, 0.2) is 11.8 Å². The normalized spacial score (nSPS) is 11.2. The number of hydrogen-bond acceptors (Lipinski definition) is 3. The largest absolute Gasteiger partial charge is 0.481 e. The lowest BCUT2D eigenvalue weighted by Gasteiger charge is -1.90. The standard InChI is InChI=1S/C6H9NO4/c1-2-5(7(10)11)3-4-6(8)9/h3H,2,4H2,1H3,(H,8,9)/b5-3+.